The second-order valence-electron chi connectivity index (χ2n) is 5.28. The summed E-state index contributed by atoms with van der Waals surface area (Å²) in [5.41, 5.74) is 0. The zero-order chi connectivity index (χ0) is 13.1. The van der Waals surface area contributed by atoms with Gasteiger partial charge in [-0.05, 0) is 37.1 Å². The molecule has 1 aromatic rings. The van der Waals surface area contributed by atoms with Gasteiger partial charge in [0, 0.05) is 25.0 Å². The van der Waals surface area contributed by atoms with Gasteiger partial charge in [0.15, 0.2) is 0 Å². The van der Waals surface area contributed by atoms with Gasteiger partial charge in [-0.2, -0.15) is 0 Å². The van der Waals surface area contributed by atoms with E-state index in [0.29, 0.717) is 5.92 Å². The monoisotopic (exact) mass is 266 g/mol. The molecule has 3 nitrogen and oxygen atoms in total. The third-order valence-electron chi connectivity index (χ3n) is 3.77. The van der Waals surface area contributed by atoms with Crippen molar-refractivity contribution >= 4 is 17.4 Å². The standard InChI is InChI=1S/C14H22N2OS/c1-11-6-4-8-16(10-11)14(17)15(3)12(2)13-7-5-9-18-13/h5,7,9,11-12H,4,6,8,10H2,1-3H3. The molecule has 1 saturated heterocycles. The minimum absolute atomic E-state index is 0.162. The van der Waals surface area contributed by atoms with Crippen LogP contribution in [0.1, 0.15) is 37.6 Å². The van der Waals surface area contributed by atoms with Crippen molar-refractivity contribution in [3.05, 3.63) is 22.4 Å². The third kappa shape index (κ3) is 2.86. The molecule has 18 heavy (non-hydrogen) atoms. The Hall–Kier alpha value is -1.03. The normalized spacial score (nSPS) is 21.7. The van der Waals surface area contributed by atoms with E-state index in [2.05, 4.69) is 25.3 Å². The second-order valence-corrected chi connectivity index (χ2v) is 6.26. The van der Waals surface area contributed by atoms with Crippen LogP contribution in [0.3, 0.4) is 0 Å². The lowest BCUT2D eigenvalue weighted by molar-refractivity contribution is 0.129. The number of nitrogens with zero attached hydrogens (tertiary/aromatic N) is 2. The molecule has 0 aromatic carbocycles. The number of piperidine rings is 1. The summed E-state index contributed by atoms with van der Waals surface area (Å²) in [4.78, 5) is 17.5. The van der Waals surface area contributed by atoms with E-state index in [0.717, 1.165) is 19.5 Å². The van der Waals surface area contributed by atoms with Crippen molar-refractivity contribution in [3.8, 4) is 0 Å². The first-order valence-corrected chi connectivity index (χ1v) is 7.52. The maximum atomic E-state index is 12.4. The molecule has 2 rings (SSSR count). The largest absolute Gasteiger partial charge is 0.324 e. The Bertz CT molecular complexity index is 391. The Labute approximate surface area is 113 Å². The molecule has 100 valence electrons. The van der Waals surface area contributed by atoms with Crippen molar-refractivity contribution in [3.63, 3.8) is 0 Å². The minimum Gasteiger partial charge on any atom is -0.324 e. The van der Waals surface area contributed by atoms with Gasteiger partial charge in [-0.25, -0.2) is 4.79 Å². The molecular weight excluding hydrogens is 244 g/mol. The molecule has 0 saturated carbocycles. The number of thiophene rings is 1. The van der Waals surface area contributed by atoms with Gasteiger partial charge in [0.05, 0.1) is 6.04 Å². The van der Waals surface area contributed by atoms with Crippen LogP contribution in [0.25, 0.3) is 0 Å². The summed E-state index contributed by atoms with van der Waals surface area (Å²) in [5, 5.41) is 2.06. The van der Waals surface area contributed by atoms with Gasteiger partial charge in [-0.15, -0.1) is 11.3 Å². The maximum absolute atomic E-state index is 12.4. The van der Waals surface area contributed by atoms with Crippen molar-refractivity contribution in [1.29, 1.82) is 0 Å². The Balaban J connectivity index is 1.99. The first kappa shape index (κ1) is 13.4. The summed E-state index contributed by atoms with van der Waals surface area (Å²) in [5.74, 6) is 0.633. The molecule has 2 amide bonds. The van der Waals surface area contributed by atoms with Crippen LogP contribution in [-0.4, -0.2) is 36.0 Å². The van der Waals surface area contributed by atoms with Gasteiger partial charge in [-0.3, -0.25) is 0 Å². The molecule has 1 fully saturated rings. The SMILES string of the molecule is CC1CCCN(C(=O)N(C)C(C)c2cccs2)C1. The Morgan fingerprint density at radius 3 is 3.00 bits per heavy atom. The number of hydrogen-bond acceptors (Lipinski definition) is 2. The molecule has 2 unspecified atom stereocenters. The van der Waals surface area contributed by atoms with Gasteiger partial charge < -0.3 is 9.80 Å². The van der Waals surface area contributed by atoms with Crippen LogP contribution >= 0.6 is 11.3 Å². The fourth-order valence-corrected chi connectivity index (χ4v) is 3.30. The summed E-state index contributed by atoms with van der Waals surface area (Å²) >= 11 is 1.71. The fraction of sp³-hybridized carbons (Fsp3) is 0.643. The molecule has 0 N–H and O–H groups in total. The molecule has 4 heteroatoms. The first-order valence-electron chi connectivity index (χ1n) is 6.64. The number of likely N-dealkylation sites (tertiary alicyclic amines) is 1. The number of hydrogen-bond donors (Lipinski definition) is 0. The van der Waals surface area contributed by atoms with Crippen molar-refractivity contribution in [2.45, 2.75) is 32.7 Å². The second kappa shape index (κ2) is 5.74. The van der Waals surface area contributed by atoms with E-state index in [-0.39, 0.29) is 12.1 Å². The average molecular weight is 266 g/mol. The first-order chi connectivity index (χ1) is 8.59. The molecule has 0 bridgehead atoms. The van der Waals surface area contributed by atoms with E-state index in [4.69, 9.17) is 0 Å². The minimum atomic E-state index is 0.162. The fourth-order valence-electron chi connectivity index (χ4n) is 2.47. The summed E-state index contributed by atoms with van der Waals surface area (Å²) in [6.45, 7) is 6.13. The predicted octanol–water partition coefficient (Wildman–Crippen LogP) is 3.59. The highest BCUT2D eigenvalue weighted by Crippen LogP contribution is 2.25. The third-order valence-corrected chi connectivity index (χ3v) is 4.81. The lowest BCUT2D eigenvalue weighted by Gasteiger charge is -2.36. The Morgan fingerprint density at radius 1 is 1.61 bits per heavy atom. The Kier molecular flexibility index (Phi) is 4.27. The molecule has 1 aromatic heterocycles. The molecule has 0 spiro atoms. The van der Waals surface area contributed by atoms with Crippen LogP contribution in [0.15, 0.2) is 17.5 Å². The topological polar surface area (TPSA) is 23.6 Å². The molecular formula is C14H22N2OS. The van der Waals surface area contributed by atoms with Crippen LogP contribution in [-0.2, 0) is 0 Å². The van der Waals surface area contributed by atoms with Crippen molar-refractivity contribution in [2.75, 3.05) is 20.1 Å². The molecule has 2 heterocycles. The number of carbonyl (C=O) groups excluding carboxylic acids is 1. The zero-order valence-corrected chi connectivity index (χ0v) is 12.2. The highest BCUT2D eigenvalue weighted by molar-refractivity contribution is 7.10. The van der Waals surface area contributed by atoms with E-state index in [9.17, 15) is 4.79 Å². The molecule has 1 aliphatic heterocycles. The lowest BCUT2D eigenvalue weighted by atomic mass is 10.0. The smallest absolute Gasteiger partial charge is 0.320 e. The van der Waals surface area contributed by atoms with E-state index in [1.165, 1.54) is 11.3 Å². The van der Waals surface area contributed by atoms with Crippen LogP contribution in [0.2, 0.25) is 0 Å². The number of rotatable bonds is 2. The van der Waals surface area contributed by atoms with Crippen molar-refractivity contribution < 1.29 is 4.79 Å². The van der Waals surface area contributed by atoms with Gasteiger partial charge >= 0.3 is 6.03 Å². The summed E-state index contributed by atoms with van der Waals surface area (Å²) in [6.07, 6.45) is 2.38. The van der Waals surface area contributed by atoms with E-state index >= 15 is 0 Å². The van der Waals surface area contributed by atoms with Crippen LogP contribution < -0.4 is 0 Å². The van der Waals surface area contributed by atoms with Gasteiger partial charge in [0.25, 0.3) is 0 Å². The summed E-state index contributed by atoms with van der Waals surface area (Å²) < 4.78 is 0. The zero-order valence-electron chi connectivity index (χ0n) is 11.4. The van der Waals surface area contributed by atoms with Crippen LogP contribution in [0.5, 0.6) is 0 Å². The summed E-state index contributed by atoms with van der Waals surface area (Å²) in [7, 11) is 1.91. The predicted molar refractivity (Wildman–Crippen MR) is 75.9 cm³/mol. The highest BCUT2D eigenvalue weighted by Gasteiger charge is 2.26. The lowest BCUT2D eigenvalue weighted by Crippen LogP contribution is -2.46. The van der Waals surface area contributed by atoms with Gasteiger partial charge in [0.2, 0.25) is 0 Å². The number of urea groups is 1. The van der Waals surface area contributed by atoms with E-state index < -0.39 is 0 Å². The molecule has 0 aliphatic carbocycles. The average Bonchev–Trinajstić information content (AvgIpc) is 2.90. The van der Waals surface area contributed by atoms with E-state index in [1.54, 1.807) is 11.3 Å². The molecule has 0 radical (unpaired) electrons. The van der Waals surface area contributed by atoms with Gasteiger partial charge in [-0.1, -0.05) is 13.0 Å². The van der Waals surface area contributed by atoms with Crippen LogP contribution in [0.4, 0.5) is 4.79 Å². The van der Waals surface area contributed by atoms with Crippen molar-refractivity contribution in [2.24, 2.45) is 5.92 Å². The summed E-state index contributed by atoms with van der Waals surface area (Å²) in [6, 6.07) is 4.47. The number of amides is 2. The highest BCUT2D eigenvalue weighted by atomic mass is 32.1. The van der Waals surface area contributed by atoms with Crippen molar-refractivity contribution in [1.82, 2.24) is 9.80 Å². The van der Waals surface area contributed by atoms with Crippen LogP contribution in [0, 0.1) is 5.92 Å². The quantitative estimate of drug-likeness (QED) is 0.802. The van der Waals surface area contributed by atoms with E-state index in [1.807, 2.05) is 22.9 Å². The Morgan fingerprint density at radius 2 is 2.39 bits per heavy atom. The van der Waals surface area contributed by atoms with Gasteiger partial charge in [0.1, 0.15) is 0 Å². The molecule has 2 atom stereocenters. The molecule has 1 aliphatic rings. The maximum Gasteiger partial charge on any atom is 0.320 e. The number of carbonyl (C=O) groups is 1.